The summed E-state index contributed by atoms with van der Waals surface area (Å²) in [4.78, 5) is 13.7. The minimum absolute atomic E-state index is 0.130. The third kappa shape index (κ3) is 4.04. The molecule has 2 heterocycles. The standard InChI is InChI=1S/C24H23N3O3S/c1-15-13-17(14-22-23(28)26(3)24(31)25-22)16(2)27(15)18-5-7-20(8-6-18)30-21-11-9-19(29-4)10-12-21/h5-14H,1-4H3,(H,25,31)/b22-14-. The summed E-state index contributed by atoms with van der Waals surface area (Å²) in [6, 6.07) is 17.4. The van der Waals surface area contributed by atoms with Gasteiger partial charge in [-0.1, -0.05) is 0 Å². The van der Waals surface area contributed by atoms with E-state index in [2.05, 4.69) is 16.0 Å². The molecule has 1 aliphatic rings. The van der Waals surface area contributed by atoms with Crippen molar-refractivity contribution >= 4 is 29.3 Å². The molecule has 158 valence electrons. The fourth-order valence-electron chi connectivity index (χ4n) is 3.55. The Bertz CT molecular complexity index is 1180. The molecule has 0 spiro atoms. The molecule has 6 nitrogen and oxygen atoms in total. The normalized spacial score (nSPS) is 14.8. The largest absolute Gasteiger partial charge is 0.497 e. The maximum Gasteiger partial charge on any atom is 0.276 e. The Labute approximate surface area is 186 Å². The minimum Gasteiger partial charge on any atom is -0.497 e. The fourth-order valence-corrected chi connectivity index (χ4v) is 3.75. The predicted molar refractivity (Wildman–Crippen MR) is 125 cm³/mol. The molecule has 1 aromatic heterocycles. The van der Waals surface area contributed by atoms with Gasteiger partial charge >= 0.3 is 0 Å². The second-order valence-electron chi connectivity index (χ2n) is 7.29. The molecule has 4 rings (SSSR count). The molecule has 2 aromatic carbocycles. The van der Waals surface area contributed by atoms with Crippen molar-refractivity contribution in [3.63, 3.8) is 0 Å². The smallest absolute Gasteiger partial charge is 0.276 e. The highest BCUT2D eigenvalue weighted by Crippen LogP contribution is 2.27. The molecule has 31 heavy (non-hydrogen) atoms. The number of aromatic nitrogens is 1. The fraction of sp³-hybridized carbons (Fsp3) is 0.167. The first kappa shape index (κ1) is 20.7. The Morgan fingerprint density at radius 1 is 0.968 bits per heavy atom. The van der Waals surface area contributed by atoms with Crippen molar-refractivity contribution in [1.29, 1.82) is 0 Å². The van der Waals surface area contributed by atoms with E-state index < -0.39 is 0 Å². The second kappa shape index (κ2) is 8.28. The van der Waals surface area contributed by atoms with E-state index in [0.29, 0.717) is 10.8 Å². The predicted octanol–water partition coefficient (Wildman–Crippen LogP) is 4.58. The third-order valence-corrected chi connectivity index (χ3v) is 5.62. The Kier molecular flexibility index (Phi) is 5.52. The van der Waals surface area contributed by atoms with E-state index in [1.807, 2.05) is 68.5 Å². The lowest BCUT2D eigenvalue weighted by atomic mass is 10.2. The lowest BCUT2D eigenvalue weighted by Gasteiger charge is -2.11. The average molecular weight is 434 g/mol. The van der Waals surface area contributed by atoms with Gasteiger partial charge in [-0.15, -0.1) is 0 Å². The number of aryl methyl sites for hydroxylation is 1. The molecule has 0 aliphatic carbocycles. The van der Waals surface area contributed by atoms with Gasteiger partial charge in [-0.2, -0.15) is 0 Å². The molecule has 1 amide bonds. The van der Waals surface area contributed by atoms with Gasteiger partial charge in [0.15, 0.2) is 5.11 Å². The van der Waals surface area contributed by atoms with Crippen LogP contribution in [0.25, 0.3) is 11.8 Å². The number of carbonyl (C=O) groups is 1. The Morgan fingerprint density at radius 3 is 2.10 bits per heavy atom. The van der Waals surface area contributed by atoms with Crippen LogP contribution in [-0.4, -0.2) is 34.6 Å². The average Bonchev–Trinajstić information content (AvgIpc) is 3.18. The highest BCUT2D eigenvalue weighted by atomic mass is 32.1. The van der Waals surface area contributed by atoms with E-state index in [0.717, 1.165) is 39.9 Å². The van der Waals surface area contributed by atoms with Gasteiger partial charge in [-0.05, 0) is 92.3 Å². The van der Waals surface area contributed by atoms with Gasteiger partial charge in [0.05, 0.1) is 7.11 Å². The van der Waals surface area contributed by atoms with Crippen LogP contribution in [-0.2, 0) is 4.79 Å². The van der Waals surface area contributed by atoms with Gasteiger partial charge in [-0.25, -0.2) is 0 Å². The molecule has 0 bridgehead atoms. The number of nitrogens with zero attached hydrogens (tertiary/aromatic N) is 2. The molecule has 0 unspecified atom stereocenters. The topological polar surface area (TPSA) is 55.7 Å². The van der Waals surface area contributed by atoms with Crippen molar-refractivity contribution < 1.29 is 14.3 Å². The molecule has 0 atom stereocenters. The SMILES string of the molecule is COc1ccc(Oc2ccc(-n3c(C)cc(/C=C4\NC(=S)N(C)C4=O)c3C)cc2)cc1. The minimum atomic E-state index is -0.130. The molecule has 0 radical (unpaired) electrons. The van der Waals surface area contributed by atoms with Crippen LogP contribution in [0.15, 0.2) is 60.3 Å². The molecule has 1 aliphatic heterocycles. The second-order valence-corrected chi connectivity index (χ2v) is 7.67. The van der Waals surface area contributed by atoms with Gasteiger partial charge in [-0.3, -0.25) is 9.69 Å². The van der Waals surface area contributed by atoms with Crippen LogP contribution in [0.5, 0.6) is 17.2 Å². The number of hydrogen-bond acceptors (Lipinski definition) is 4. The van der Waals surface area contributed by atoms with Gasteiger partial charge in [0.1, 0.15) is 22.9 Å². The number of thiocarbonyl (C=S) groups is 1. The lowest BCUT2D eigenvalue weighted by molar-refractivity contribution is -0.121. The number of methoxy groups -OCH3 is 1. The molecule has 0 saturated carbocycles. The summed E-state index contributed by atoms with van der Waals surface area (Å²) >= 11 is 5.15. The van der Waals surface area contributed by atoms with E-state index in [-0.39, 0.29) is 5.91 Å². The molecular formula is C24H23N3O3S. The number of ether oxygens (including phenoxy) is 2. The summed E-state index contributed by atoms with van der Waals surface area (Å²) in [6.45, 7) is 4.07. The summed E-state index contributed by atoms with van der Waals surface area (Å²) in [5, 5.41) is 3.39. The summed E-state index contributed by atoms with van der Waals surface area (Å²) in [5.74, 6) is 2.15. The highest BCUT2D eigenvalue weighted by molar-refractivity contribution is 7.80. The number of hydrogen-bond donors (Lipinski definition) is 1. The summed E-state index contributed by atoms with van der Waals surface area (Å²) < 4.78 is 13.2. The van der Waals surface area contributed by atoms with Crippen LogP contribution in [0.1, 0.15) is 17.0 Å². The number of amides is 1. The van der Waals surface area contributed by atoms with E-state index >= 15 is 0 Å². The first-order valence-corrected chi connectivity index (χ1v) is 10.2. The zero-order valence-corrected chi connectivity index (χ0v) is 18.6. The van der Waals surface area contributed by atoms with Crippen LogP contribution in [0.4, 0.5) is 0 Å². The van der Waals surface area contributed by atoms with E-state index in [4.69, 9.17) is 21.7 Å². The van der Waals surface area contributed by atoms with E-state index in [1.165, 1.54) is 4.90 Å². The van der Waals surface area contributed by atoms with Gasteiger partial charge in [0, 0.05) is 24.1 Å². The van der Waals surface area contributed by atoms with Crippen LogP contribution in [0.2, 0.25) is 0 Å². The van der Waals surface area contributed by atoms with Crippen LogP contribution < -0.4 is 14.8 Å². The Morgan fingerprint density at radius 2 is 1.55 bits per heavy atom. The molecule has 1 saturated heterocycles. The van der Waals surface area contributed by atoms with Crippen molar-refractivity contribution in [3.8, 4) is 22.9 Å². The molecule has 1 fully saturated rings. The first-order chi connectivity index (χ1) is 14.9. The highest BCUT2D eigenvalue weighted by Gasteiger charge is 2.27. The zero-order chi connectivity index (χ0) is 22.1. The number of likely N-dealkylation sites (N-methyl/N-ethyl adjacent to an activating group) is 1. The van der Waals surface area contributed by atoms with Gasteiger partial charge in [0.25, 0.3) is 5.91 Å². The summed E-state index contributed by atoms with van der Waals surface area (Å²) in [5.41, 5.74) is 4.56. The van der Waals surface area contributed by atoms with Crippen LogP contribution >= 0.6 is 12.2 Å². The van der Waals surface area contributed by atoms with Crippen LogP contribution in [0.3, 0.4) is 0 Å². The Balaban J connectivity index is 1.57. The summed E-state index contributed by atoms with van der Waals surface area (Å²) in [6.07, 6.45) is 1.85. The number of nitrogens with one attached hydrogen (secondary N) is 1. The van der Waals surface area contributed by atoms with Crippen molar-refractivity contribution in [2.45, 2.75) is 13.8 Å². The molecule has 1 N–H and O–H groups in total. The van der Waals surface area contributed by atoms with Crippen molar-refractivity contribution in [1.82, 2.24) is 14.8 Å². The van der Waals surface area contributed by atoms with Crippen molar-refractivity contribution in [3.05, 3.63) is 77.2 Å². The Hall–Kier alpha value is -3.58. The van der Waals surface area contributed by atoms with E-state index in [9.17, 15) is 4.79 Å². The number of benzene rings is 2. The van der Waals surface area contributed by atoms with Crippen molar-refractivity contribution in [2.24, 2.45) is 0 Å². The van der Waals surface area contributed by atoms with Crippen molar-refractivity contribution in [2.75, 3.05) is 14.2 Å². The van der Waals surface area contributed by atoms with E-state index in [1.54, 1.807) is 14.2 Å². The van der Waals surface area contributed by atoms with Crippen LogP contribution in [0, 0.1) is 13.8 Å². The first-order valence-electron chi connectivity index (χ1n) is 9.79. The molecular weight excluding hydrogens is 410 g/mol. The molecule has 3 aromatic rings. The van der Waals surface area contributed by atoms with Gasteiger partial charge in [0.2, 0.25) is 0 Å². The monoisotopic (exact) mass is 433 g/mol. The number of carbonyl (C=O) groups excluding carboxylic acids is 1. The third-order valence-electron chi connectivity index (χ3n) is 5.24. The lowest BCUT2D eigenvalue weighted by Crippen LogP contribution is -2.25. The quantitative estimate of drug-likeness (QED) is 0.471. The van der Waals surface area contributed by atoms with Gasteiger partial charge < -0.3 is 19.4 Å². The zero-order valence-electron chi connectivity index (χ0n) is 17.8. The molecule has 7 heteroatoms. The maximum atomic E-state index is 12.3. The maximum absolute atomic E-state index is 12.3. The number of rotatable bonds is 5. The summed E-state index contributed by atoms with van der Waals surface area (Å²) in [7, 11) is 3.30.